The van der Waals surface area contributed by atoms with E-state index in [9.17, 15) is 9.18 Å². The molecule has 0 aliphatic heterocycles. The minimum absolute atomic E-state index is 0.124. The second-order valence-electron chi connectivity index (χ2n) is 5.99. The number of carbonyl (C=O) groups excluding carboxylic acids is 1. The van der Waals surface area contributed by atoms with Gasteiger partial charge in [-0.3, -0.25) is 4.79 Å². The van der Waals surface area contributed by atoms with Crippen LogP contribution < -0.4 is 5.32 Å². The summed E-state index contributed by atoms with van der Waals surface area (Å²) in [6.07, 6.45) is 0.776. The number of carbonyl (C=O) groups is 1. The van der Waals surface area contributed by atoms with E-state index in [2.05, 4.69) is 11.4 Å². The molecule has 0 fully saturated rings. The second kappa shape index (κ2) is 7.06. The summed E-state index contributed by atoms with van der Waals surface area (Å²) in [5.41, 5.74) is 1.83. The fourth-order valence-electron chi connectivity index (χ4n) is 2.21. The third-order valence-corrected chi connectivity index (χ3v) is 3.70. The molecule has 0 atom stereocenters. The summed E-state index contributed by atoms with van der Waals surface area (Å²) >= 11 is 0. The van der Waals surface area contributed by atoms with E-state index in [0.29, 0.717) is 12.1 Å². The minimum atomic E-state index is -0.556. The number of hydrogen-bond donors (Lipinski definition) is 1. The van der Waals surface area contributed by atoms with E-state index in [1.807, 2.05) is 26.0 Å². The average Bonchev–Trinajstić information content (AvgIpc) is 2.53. The standard InChI is InChI=1S/C19H19FN2O/c1-19(2,13-21)15-7-9-17(10-8-15)22-18(23)11-6-14-4-3-5-16(20)12-14/h3-5,7-10,12H,6,11H2,1-2H3,(H,22,23). The first-order valence-corrected chi connectivity index (χ1v) is 7.47. The van der Waals surface area contributed by atoms with Crippen LogP contribution in [0.1, 0.15) is 31.4 Å². The first-order valence-electron chi connectivity index (χ1n) is 7.47. The Morgan fingerprint density at radius 2 is 1.91 bits per heavy atom. The third kappa shape index (κ3) is 4.65. The molecular formula is C19H19FN2O. The number of benzene rings is 2. The van der Waals surface area contributed by atoms with Crippen molar-refractivity contribution >= 4 is 11.6 Å². The first-order chi connectivity index (χ1) is 10.9. The maximum Gasteiger partial charge on any atom is 0.224 e. The summed E-state index contributed by atoms with van der Waals surface area (Å²) in [4.78, 5) is 12.0. The predicted molar refractivity (Wildman–Crippen MR) is 88.4 cm³/mol. The Labute approximate surface area is 135 Å². The lowest BCUT2D eigenvalue weighted by molar-refractivity contribution is -0.116. The lowest BCUT2D eigenvalue weighted by atomic mass is 9.86. The molecule has 0 heterocycles. The van der Waals surface area contributed by atoms with E-state index in [1.54, 1.807) is 24.3 Å². The zero-order valence-corrected chi connectivity index (χ0v) is 13.3. The van der Waals surface area contributed by atoms with Gasteiger partial charge in [-0.15, -0.1) is 0 Å². The Morgan fingerprint density at radius 1 is 1.22 bits per heavy atom. The van der Waals surface area contributed by atoms with Crippen LogP contribution in [-0.2, 0) is 16.6 Å². The van der Waals surface area contributed by atoms with Gasteiger partial charge in [-0.25, -0.2) is 4.39 Å². The predicted octanol–water partition coefficient (Wildman–Crippen LogP) is 4.20. The fraction of sp³-hybridized carbons (Fsp3) is 0.263. The van der Waals surface area contributed by atoms with Crippen LogP contribution in [0, 0.1) is 17.1 Å². The molecule has 1 amide bonds. The SMILES string of the molecule is CC(C)(C#N)c1ccc(NC(=O)CCc2cccc(F)c2)cc1. The molecule has 23 heavy (non-hydrogen) atoms. The lowest BCUT2D eigenvalue weighted by Gasteiger charge is -2.16. The Kier molecular flexibility index (Phi) is 5.13. The van der Waals surface area contributed by atoms with Gasteiger partial charge in [0.05, 0.1) is 11.5 Å². The van der Waals surface area contributed by atoms with E-state index < -0.39 is 5.41 Å². The molecule has 4 heteroatoms. The molecule has 2 aromatic rings. The Hall–Kier alpha value is -2.67. The second-order valence-corrected chi connectivity index (χ2v) is 5.99. The van der Waals surface area contributed by atoms with Gasteiger partial charge in [0, 0.05) is 12.1 Å². The highest BCUT2D eigenvalue weighted by atomic mass is 19.1. The average molecular weight is 310 g/mol. The van der Waals surface area contributed by atoms with Gasteiger partial charge in [-0.05, 0) is 55.7 Å². The van der Waals surface area contributed by atoms with Crippen molar-refractivity contribution in [2.24, 2.45) is 0 Å². The number of aryl methyl sites for hydroxylation is 1. The minimum Gasteiger partial charge on any atom is -0.326 e. The van der Waals surface area contributed by atoms with Crippen molar-refractivity contribution in [1.29, 1.82) is 5.26 Å². The summed E-state index contributed by atoms with van der Waals surface area (Å²) in [7, 11) is 0. The van der Waals surface area contributed by atoms with Crippen molar-refractivity contribution in [3.8, 4) is 6.07 Å². The van der Waals surface area contributed by atoms with Gasteiger partial charge < -0.3 is 5.32 Å². The molecule has 0 aliphatic rings. The third-order valence-electron chi connectivity index (χ3n) is 3.70. The van der Waals surface area contributed by atoms with Crippen LogP contribution in [0.4, 0.5) is 10.1 Å². The molecule has 0 spiro atoms. The molecule has 0 radical (unpaired) electrons. The van der Waals surface area contributed by atoms with Gasteiger partial charge >= 0.3 is 0 Å². The summed E-state index contributed by atoms with van der Waals surface area (Å²) in [6.45, 7) is 3.69. The molecule has 0 saturated heterocycles. The summed E-state index contributed by atoms with van der Waals surface area (Å²) in [6, 6.07) is 15.7. The zero-order valence-electron chi connectivity index (χ0n) is 13.3. The molecule has 0 aromatic heterocycles. The largest absolute Gasteiger partial charge is 0.326 e. The van der Waals surface area contributed by atoms with Gasteiger partial charge in [0.25, 0.3) is 0 Å². The number of anilines is 1. The zero-order chi connectivity index (χ0) is 16.9. The van der Waals surface area contributed by atoms with Crippen LogP contribution in [0.3, 0.4) is 0 Å². The summed E-state index contributed by atoms with van der Waals surface area (Å²) < 4.78 is 13.1. The first kappa shape index (κ1) is 16.7. The number of nitriles is 1. The molecule has 0 saturated carbocycles. The smallest absolute Gasteiger partial charge is 0.224 e. The van der Waals surface area contributed by atoms with Crippen LogP contribution in [0.15, 0.2) is 48.5 Å². The van der Waals surface area contributed by atoms with Gasteiger partial charge in [-0.2, -0.15) is 5.26 Å². The van der Waals surface area contributed by atoms with Crippen molar-refractivity contribution in [3.05, 3.63) is 65.5 Å². The number of nitrogens with one attached hydrogen (secondary N) is 1. The monoisotopic (exact) mass is 310 g/mol. The summed E-state index contributed by atoms with van der Waals surface area (Å²) in [5, 5.41) is 11.9. The lowest BCUT2D eigenvalue weighted by Crippen LogP contribution is -2.15. The Morgan fingerprint density at radius 3 is 2.52 bits per heavy atom. The molecular weight excluding hydrogens is 291 g/mol. The number of halogens is 1. The van der Waals surface area contributed by atoms with Crippen molar-refractivity contribution < 1.29 is 9.18 Å². The number of rotatable bonds is 5. The molecule has 0 aliphatic carbocycles. The summed E-state index contributed by atoms with van der Waals surface area (Å²) in [5.74, 6) is -0.417. The normalized spacial score (nSPS) is 10.9. The van der Waals surface area contributed by atoms with Crippen LogP contribution in [0.5, 0.6) is 0 Å². The highest BCUT2D eigenvalue weighted by Crippen LogP contribution is 2.23. The van der Waals surface area contributed by atoms with Crippen molar-refractivity contribution in [2.45, 2.75) is 32.1 Å². The van der Waals surface area contributed by atoms with E-state index in [0.717, 1.165) is 11.1 Å². The van der Waals surface area contributed by atoms with Crippen molar-refractivity contribution in [2.75, 3.05) is 5.32 Å². The van der Waals surface area contributed by atoms with Crippen LogP contribution in [0.25, 0.3) is 0 Å². The van der Waals surface area contributed by atoms with Crippen molar-refractivity contribution in [1.82, 2.24) is 0 Å². The maximum absolute atomic E-state index is 13.1. The van der Waals surface area contributed by atoms with Gasteiger partial charge in [0.2, 0.25) is 5.91 Å². The van der Waals surface area contributed by atoms with Crippen LogP contribution >= 0.6 is 0 Å². The molecule has 118 valence electrons. The molecule has 0 unspecified atom stereocenters. The van der Waals surface area contributed by atoms with E-state index in [4.69, 9.17) is 5.26 Å². The van der Waals surface area contributed by atoms with E-state index >= 15 is 0 Å². The molecule has 0 bridgehead atoms. The fourth-order valence-corrected chi connectivity index (χ4v) is 2.21. The van der Waals surface area contributed by atoms with Gasteiger partial charge in [0.15, 0.2) is 0 Å². The molecule has 3 nitrogen and oxygen atoms in total. The number of amides is 1. The Bertz CT molecular complexity index is 730. The quantitative estimate of drug-likeness (QED) is 0.900. The van der Waals surface area contributed by atoms with E-state index in [-0.39, 0.29) is 18.1 Å². The maximum atomic E-state index is 13.1. The molecule has 1 N–H and O–H groups in total. The van der Waals surface area contributed by atoms with Crippen LogP contribution in [-0.4, -0.2) is 5.91 Å². The number of hydrogen-bond acceptors (Lipinski definition) is 2. The van der Waals surface area contributed by atoms with Crippen molar-refractivity contribution in [3.63, 3.8) is 0 Å². The van der Waals surface area contributed by atoms with E-state index in [1.165, 1.54) is 12.1 Å². The van der Waals surface area contributed by atoms with Gasteiger partial charge in [0.1, 0.15) is 5.82 Å². The molecule has 2 rings (SSSR count). The van der Waals surface area contributed by atoms with Crippen LogP contribution in [0.2, 0.25) is 0 Å². The molecule has 2 aromatic carbocycles. The highest BCUT2D eigenvalue weighted by molar-refractivity contribution is 5.90. The topological polar surface area (TPSA) is 52.9 Å². The van der Waals surface area contributed by atoms with Gasteiger partial charge in [-0.1, -0.05) is 24.3 Å². The highest BCUT2D eigenvalue weighted by Gasteiger charge is 2.19. The Balaban J connectivity index is 1.92. The number of nitrogens with zero attached hydrogens (tertiary/aromatic N) is 1.